The van der Waals surface area contributed by atoms with Crippen molar-refractivity contribution < 1.29 is 24.0 Å². The van der Waals surface area contributed by atoms with Crippen LogP contribution in [0, 0.1) is 10.1 Å². The van der Waals surface area contributed by atoms with Gasteiger partial charge in [-0.15, -0.1) is 11.3 Å². The van der Waals surface area contributed by atoms with Crippen LogP contribution < -0.4 is 5.32 Å². The van der Waals surface area contributed by atoms with Gasteiger partial charge in [-0.05, 0) is 17.5 Å². The first kappa shape index (κ1) is 12.8. The molecule has 2 heterocycles. The van der Waals surface area contributed by atoms with Crippen molar-refractivity contribution in [2.24, 2.45) is 0 Å². The van der Waals surface area contributed by atoms with E-state index >= 15 is 0 Å². The van der Waals surface area contributed by atoms with Crippen molar-refractivity contribution in [1.29, 1.82) is 0 Å². The quantitative estimate of drug-likeness (QED) is 0.654. The van der Waals surface area contributed by atoms with Crippen molar-refractivity contribution in [1.82, 2.24) is 0 Å². The number of hydrogen-bond acceptors (Lipinski definition) is 6. The van der Waals surface area contributed by atoms with Gasteiger partial charge in [-0.25, -0.2) is 4.79 Å². The van der Waals surface area contributed by atoms with Crippen molar-refractivity contribution in [3.05, 3.63) is 44.3 Å². The van der Waals surface area contributed by atoms with Gasteiger partial charge in [0.1, 0.15) is 9.80 Å². The Labute approximate surface area is 109 Å². The second kappa shape index (κ2) is 4.90. The summed E-state index contributed by atoms with van der Waals surface area (Å²) < 4.78 is 4.70. The number of carboxylic acid groups (broad SMARTS) is 1. The minimum absolute atomic E-state index is 0.0330. The molecular weight excluding hydrogens is 276 g/mol. The van der Waals surface area contributed by atoms with Crippen LogP contribution in [0.15, 0.2) is 28.0 Å². The number of furan rings is 1. The van der Waals surface area contributed by atoms with E-state index in [-0.39, 0.29) is 16.3 Å². The molecule has 0 saturated heterocycles. The summed E-state index contributed by atoms with van der Waals surface area (Å²) in [5.41, 5.74) is 0.113. The van der Waals surface area contributed by atoms with E-state index < -0.39 is 22.7 Å². The highest BCUT2D eigenvalue weighted by atomic mass is 32.1. The van der Waals surface area contributed by atoms with Crippen molar-refractivity contribution in [3.8, 4) is 0 Å². The summed E-state index contributed by atoms with van der Waals surface area (Å²) in [5, 5.41) is 23.1. The second-order valence-electron chi connectivity index (χ2n) is 3.32. The lowest BCUT2D eigenvalue weighted by molar-refractivity contribution is -0.402. The number of nitrogens with one attached hydrogen (secondary N) is 1. The Balaban J connectivity index is 2.18. The molecule has 0 radical (unpaired) electrons. The van der Waals surface area contributed by atoms with Crippen LogP contribution in [0.4, 0.5) is 11.6 Å². The van der Waals surface area contributed by atoms with Crippen LogP contribution in [0.1, 0.15) is 20.2 Å². The number of nitrogens with zero attached hydrogens (tertiary/aromatic N) is 1. The number of thiophene rings is 1. The number of carbonyl (C=O) groups excluding carboxylic acids is 1. The van der Waals surface area contributed by atoms with Crippen LogP contribution in [0.5, 0.6) is 0 Å². The lowest BCUT2D eigenvalue weighted by Gasteiger charge is -2.01. The molecule has 0 spiro atoms. The molecule has 0 fully saturated rings. The van der Waals surface area contributed by atoms with Crippen molar-refractivity contribution >= 4 is 34.8 Å². The second-order valence-corrected chi connectivity index (χ2v) is 4.23. The summed E-state index contributed by atoms with van der Waals surface area (Å²) in [4.78, 5) is 32.1. The Hall–Kier alpha value is -2.68. The Morgan fingerprint density at radius 3 is 2.68 bits per heavy atom. The highest BCUT2D eigenvalue weighted by Gasteiger charge is 2.20. The zero-order valence-electron chi connectivity index (χ0n) is 9.15. The number of aromatic carboxylic acids is 1. The van der Waals surface area contributed by atoms with Gasteiger partial charge in [0.2, 0.25) is 0 Å². The van der Waals surface area contributed by atoms with Gasteiger partial charge in [-0.1, -0.05) is 0 Å². The topological polar surface area (TPSA) is 123 Å². The smallest absolute Gasteiger partial charge is 0.433 e. The first-order valence-electron chi connectivity index (χ1n) is 4.85. The number of rotatable bonds is 4. The molecule has 0 unspecified atom stereocenters. The standard InChI is InChI=1S/C10H6N2O6S/c13-9(6-1-2-7(18-6)12(16)17)11-5-3-4-19-8(5)10(14)15/h1-4H,(H,11,13)(H,14,15). The molecule has 0 aliphatic rings. The molecule has 0 bridgehead atoms. The average Bonchev–Trinajstić information content (AvgIpc) is 2.96. The Bertz CT molecular complexity index is 659. The molecule has 0 saturated carbocycles. The van der Waals surface area contributed by atoms with Gasteiger partial charge in [-0.3, -0.25) is 14.9 Å². The molecule has 0 aromatic carbocycles. The van der Waals surface area contributed by atoms with E-state index in [4.69, 9.17) is 9.52 Å². The molecule has 2 N–H and O–H groups in total. The molecule has 9 heteroatoms. The molecule has 19 heavy (non-hydrogen) atoms. The van der Waals surface area contributed by atoms with Gasteiger partial charge in [-0.2, -0.15) is 0 Å². The first-order chi connectivity index (χ1) is 8.99. The summed E-state index contributed by atoms with van der Waals surface area (Å²) in [5.74, 6) is -2.76. The molecule has 2 aromatic heterocycles. The van der Waals surface area contributed by atoms with Gasteiger partial charge in [0.15, 0.2) is 5.76 Å². The van der Waals surface area contributed by atoms with E-state index in [1.807, 2.05) is 0 Å². The maximum absolute atomic E-state index is 11.7. The van der Waals surface area contributed by atoms with Crippen molar-refractivity contribution in [2.45, 2.75) is 0 Å². The van der Waals surface area contributed by atoms with E-state index in [1.54, 1.807) is 0 Å². The van der Waals surface area contributed by atoms with Gasteiger partial charge in [0, 0.05) is 0 Å². The minimum Gasteiger partial charge on any atom is -0.477 e. The number of carboxylic acids is 1. The number of carbonyl (C=O) groups is 2. The summed E-state index contributed by atoms with van der Waals surface area (Å²) in [7, 11) is 0. The maximum Gasteiger partial charge on any atom is 0.433 e. The zero-order valence-corrected chi connectivity index (χ0v) is 9.97. The summed E-state index contributed by atoms with van der Waals surface area (Å²) >= 11 is 0.952. The molecule has 2 rings (SSSR count). The summed E-state index contributed by atoms with van der Waals surface area (Å²) in [6, 6.07) is 3.60. The van der Waals surface area contributed by atoms with E-state index in [0.717, 1.165) is 23.5 Å². The number of hydrogen-bond donors (Lipinski definition) is 2. The first-order valence-corrected chi connectivity index (χ1v) is 5.73. The van der Waals surface area contributed by atoms with Crippen LogP contribution in [0.25, 0.3) is 0 Å². The Morgan fingerprint density at radius 1 is 1.37 bits per heavy atom. The van der Waals surface area contributed by atoms with Crippen LogP contribution in [-0.2, 0) is 0 Å². The minimum atomic E-state index is -1.17. The third-order valence-electron chi connectivity index (χ3n) is 2.10. The van der Waals surface area contributed by atoms with E-state index in [9.17, 15) is 19.7 Å². The molecule has 98 valence electrons. The molecule has 0 aliphatic heterocycles. The van der Waals surface area contributed by atoms with Crippen LogP contribution in [0.3, 0.4) is 0 Å². The van der Waals surface area contributed by atoms with Crippen LogP contribution in [-0.4, -0.2) is 21.9 Å². The molecule has 0 aliphatic carbocycles. The fourth-order valence-electron chi connectivity index (χ4n) is 1.31. The predicted octanol–water partition coefficient (Wildman–Crippen LogP) is 2.20. The normalized spacial score (nSPS) is 10.1. The monoisotopic (exact) mass is 282 g/mol. The predicted molar refractivity (Wildman–Crippen MR) is 64.6 cm³/mol. The van der Waals surface area contributed by atoms with E-state index in [2.05, 4.69) is 5.32 Å². The number of anilines is 1. The molecule has 2 aromatic rings. The highest BCUT2D eigenvalue weighted by molar-refractivity contribution is 7.12. The summed E-state index contributed by atoms with van der Waals surface area (Å²) in [6.07, 6.45) is 0. The lowest BCUT2D eigenvalue weighted by Crippen LogP contribution is -2.12. The zero-order chi connectivity index (χ0) is 14.0. The van der Waals surface area contributed by atoms with Gasteiger partial charge < -0.3 is 14.8 Å². The number of amides is 1. The van der Waals surface area contributed by atoms with Crippen molar-refractivity contribution in [3.63, 3.8) is 0 Å². The number of nitro groups is 1. The highest BCUT2D eigenvalue weighted by Crippen LogP contribution is 2.23. The van der Waals surface area contributed by atoms with Gasteiger partial charge in [0.05, 0.1) is 11.8 Å². The maximum atomic E-state index is 11.7. The fourth-order valence-corrected chi connectivity index (χ4v) is 1.99. The average molecular weight is 282 g/mol. The molecule has 0 atom stereocenters. The third kappa shape index (κ3) is 2.60. The van der Waals surface area contributed by atoms with E-state index in [0.29, 0.717) is 0 Å². The fraction of sp³-hybridized carbons (Fsp3) is 0. The third-order valence-corrected chi connectivity index (χ3v) is 3.01. The summed E-state index contributed by atoms with van der Waals surface area (Å²) in [6.45, 7) is 0. The van der Waals surface area contributed by atoms with Gasteiger partial charge >= 0.3 is 11.9 Å². The van der Waals surface area contributed by atoms with Crippen LogP contribution >= 0.6 is 11.3 Å². The van der Waals surface area contributed by atoms with Gasteiger partial charge in [0.25, 0.3) is 5.91 Å². The Kier molecular flexibility index (Phi) is 3.29. The largest absolute Gasteiger partial charge is 0.477 e. The van der Waals surface area contributed by atoms with E-state index in [1.165, 1.54) is 11.4 Å². The van der Waals surface area contributed by atoms with Crippen molar-refractivity contribution in [2.75, 3.05) is 5.32 Å². The SMILES string of the molecule is O=C(Nc1ccsc1C(=O)O)c1ccc([N+](=O)[O-])o1. The molecular formula is C10H6N2O6S. The van der Waals surface area contributed by atoms with Crippen LogP contribution in [0.2, 0.25) is 0 Å². The lowest BCUT2D eigenvalue weighted by atomic mass is 10.3. The molecule has 8 nitrogen and oxygen atoms in total. The molecule has 1 amide bonds. The Morgan fingerprint density at radius 2 is 2.11 bits per heavy atom.